The molecule has 1 N–H and O–H groups in total. The lowest BCUT2D eigenvalue weighted by atomic mass is 9.76. The van der Waals surface area contributed by atoms with Crippen LogP contribution in [0.2, 0.25) is 5.02 Å². The van der Waals surface area contributed by atoms with Crippen LogP contribution < -0.4 is 5.32 Å². The van der Waals surface area contributed by atoms with Crippen molar-refractivity contribution in [2.45, 2.75) is 18.4 Å². The van der Waals surface area contributed by atoms with Crippen molar-refractivity contribution in [1.82, 2.24) is 0 Å². The summed E-state index contributed by atoms with van der Waals surface area (Å²) in [5.74, 6) is 0.163. The quantitative estimate of drug-likeness (QED) is 0.466. The Morgan fingerprint density at radius 1 is 1.08 bits per heavy atom. The molecule has 0 unspecified atom stereocenters. The van der Waals surface area contributed by atoms with Crippen LogP contribution in [0.5, 0.6) is 0 Å². The van der Waals surface area contributed by atoms with Crippen LogP contribution in [-0.4, -0.2) is 9.85 Å². The number of fused-ring (bicyclic) bond motifs is 3. The van der Waals surface area contributed by atoms with Crippen LogP contribution in [0.3, 0.4) is 0 Å². The number of nitrogens with one attached hydrogen (secondary N) is 1. The van der Waals surface area contributed by atoms with Crippen molar-refractivity contribution in [3.05, 3.63) is 84.9 Å². The molecule has 0 fully saturated rings. The maximum Gasteiger partial charge on any atom is 0.292 e. The summed E-state index contributed by atoms with van der Waals surface area (Å²) < 4.78 is 0. The van der Waals surface area contributed by atoms with E-state index in [1.807, 2.05) is 6.07 Å². The van der Waals surface area contributed by atoms with Crippen molar-refractivity contribution in [3.8, 4) is 0 Å². The van der Waals surface area contributed by atoms with Crippen molar-refractivity contribution >= 4 is 28.7 Å². The summed E-state index contributed by atoms with van der Waals surface area (Å²) in [6.45, 7) is 0. The Labute approximate surface area is 153 Å². The molecule has 2 aromatic carbocycles. The van der Waals surface area contributed by atoms with Crippen LogP contribution in [0.15, 0.2) is 48.6 Å². The predicted molar refractivity (Wildman–Crippen MR) is 97.6 cm³/mol. The fourth-order valence-electron chi connectivity index (χ4n) is 3.95. The molecule has 3 atom stereocenters. The largest absolute Gasteiger partial charge is 0.372 e. The van der Waals surface area contributed by atoms with Gasteiger partial charge in [0.05, 0.1) is 15.9 Å². The summed E-state index contributed by atoms with van der Waals surface area (Å²) in [5, 5.41) is 26.0. The lowest BCUT2D eigenvalue weighted by molar-refractivity contribution is -0.384. The molecule has 26 heavy (non-hydrogen) atoms. The van der Waals surface area contributed by atoms with Crippen molar-refractivity contribution in [1.29, 1.82) is 0 Å². The van der Waals surface area contributed by atoms with Crippen molar-refractivity contribution < 1.29 is 9.85 Å². The van der Waals surface area contributed by atoms with E-state index in [2.05, 4.69) is 17.5 Å². The smallest absolute Gasteiger partial charge is 0.292 e. The first-order valence-corrected chi connectivity index (χ1v) is 8.49. The first-order valence-electron chi connectivity index (χ1n) is 8.11. The number of hydrogen-bond acceptors (Lipinski definition) is 5. The maximum absolute atomic E-state index is 11.4. The van der Waals surface area contributed by atoms with Gasteiger partial charge in [0.2, 0.25) is 0 Å². The third kappa shape index (κ3) is 2.52. The van der Waals surface area contributed by atoms with Crippen LogP contribution in [0.25, 0.3) is 0 Å². The van der Waals surface area contributed by atoms with Gasteiger partial charge < -0.3 is 5.32 Å². The number of halogens is 1. The van der Waals surface area contributed by atoms with Gasteiger partial charge in [0, 0.05) is 18.1 Å². The first-order chi connectivity index (χ1) is 12.5. The topological polar surface area (TPSA) is 98.3 Å². The van der Waals surface area contributed by atoms with E-state index in [1.54, 1.807) is 12.1 Å². The number of hydrogen-bond donors (Lipinski definition) is 1. The Bertz CT molecular complexity index is 959. The van der Waals surface area contributed by atoms with E-state index in [0.717, 1.165) is 12.0 Å². The molecule has 0 bridgehead atoms. The van der Waals surface area contributed by atoms with Gasteiger partial charge in [-0.3, -0.25) is 20.2 Å². The second-order valence-electron chi connectivity index (χ2n) is 6.44. The minimum absolute atomic E-state index is 0.00899. The molecule has 0 saturated carbocycles. The highest BCUT2D eigenvalue weighted by Gasteiger charge is 2.40. The van der Waals surface area contributed by atoms with E-state index in [-0.39, 0.29) is 34.3 Å². The van der Waals surface area contributed by atoms with Crippen LogP contribution in [0.1, 0.15) is 29.5 Å². The number of rotatable bonds is 3. The number of nitrogens with zero attached hydrogens (tertiary/aromatic N) is 2. The fraction of sp³-hybridized carbons (Fsp3) is 0.222. The fourth-order valence-corrected chi connectivity index (χ4v) is 4.14. The summed E-state index contributed by atoms with van der Waals surface area (Å²) in [6.07, 6.45) is 4.91. The second kappa shape index (κ2) is 6.10. The number of allylic oxidation sites excluding steroid dienone is 2. The van der Waals surface area contributed by atoms with E-state index in [0.29, 0.717) is 11.3 Å². The molecule has 0 radical (unpaired) electrons. The Hall–Kier alpha value is -2.93. The van der Waals surface area contributed by atoms with Crippen LogP contribution in [-0.2, 0) is 0 Å². The minimum Gasteiger partial charge on any atom is -0.372 e. The summed E-state index contributed by atoms with van der Waals surface area (Å²) in [7, 11) is 0. The highest BCUT2D eigenvalue weighted by Crippen LogP contribution is 2.52. The van der Waals surface area contributed by atoms with Gasteiger partial charge in [0.15, 0.2) is 0 Å². The summed E-state index contributed by atoms with van der Waals surface area (Å²) in [4.78, 5) is 21.7. The molecular weight excluding hydrogens is 358 g/mol. The van der Waals surface area contributed by atoms with Crippen molar-refractivity contribution in [2.75, 3.05) is 5.32 Å². The van der Waals surface area contributed by atoms with Gasteiger partial charge in [0.25, 0.3) is 11.4 Å². The zero-order valence-electron chi connectivity index (χ0n) is 13.5. The summed E-state index contributed by atoms with van der Waals surface area (Å²) in [5.41, 5.74) is 1.91. The molecule has 0 aromatic heterocycles. The molecule has 132 valence electrons. The SMILES string of the molecule is O=[N+]([O-])c1cc([C@@H]2Nc3c(cccc3[N+](=O)[O-])[C@@H]3C=CC[C@@H]32)ccc1Cl. The van der Waals surface area contributed by atoms with Crippen LogP contribution in [0.4, 0.5) is 17.1 Å². The highest BCUT2D eigenvalue weighted by molar-refractivity contribution is 6.32. The lowest BCUT2D eigenvalue weighted by Crippen LogP contribution is -2.29. The molecular formula is C18H14ClN3O4. The van der Waals surface area contributed by atoms with Gasteiger partial charge in [-0.1, -0.05) is 42.0 Å². The van der Waals surface area contributed by atoms with Crippen molar-refractivity contribution in [2.24, 2.45) is 5.92 Å². The molecule has 1 aliphatic heterocycles. The Balaban J connectivity index is 1.84. The van der Waals surface area contributed by atoms with Crippen LogP contribution >= 0.6 is 11.6 Å². The lowest BCUT2D eigenvalue weighted by Gasteiger charge is -2.37. The van der Waals surface area contributed by atoms with Gasteiger partial charge in [0.1, 0.15) is 10.7 Å². The minimum atomic E-state index is -0.518. The van der Waals surface area contributed by atoms with Gasteiger partial charge in [-0.2, -0.15) is 0 Å². The molecule has 2 aromatic rings. The number of anilines is 1. The number of benzene rings is 2. The Kier molecular flexibility index (Phi) is 3.88. The molecule has 7 nitrogen and oxygen atoms in total. The third-order valence-corrected chi connectivity index (χ3v) is 5.42. The molecule has 8 heteroatoms. The average molecular weight is 372 g/mol. The third-order valence-electron chi connectivity index (χ3n) is 5.10. The summed E-state index contributed by atoms with van der Waals surface area (Å²) in [6, 6.07) is 9.46. The number of nitro groups is 2. The Morgan fingerprint density at radius 2 is 1.85 bits per heavy atom. The first kappa shape index (κ1) is 16.5. The standard InChI is InChI=1S/C18H14ClN3O4/c19-14-8-7-10(9-16(14)22(25)26)17-12-4-1-3-11(12)13-5-2-6-15(21(23)24)18(13)20-17/h1-3,5-9,11-12,17,20H,4H2/t11-,12+,17+/m1/s1. The molecule has 4 rings (SSSR count). The molecule has 1 heterocycles. The monoisotopic (exact) mass is 371 g/mol. The highest BCUT2D eigenvalue weighted by atomic mass is 35.5. The van der Waals surface area contributed by atoms with E-state index in [9.17, 15) is 20.2 Å². The zero-order valence-corrected chi connectivity index (χ0v) is 14.2. The average Bonchev–Trinajstić information content (AvgIpc) is 3.10. The van der Waals surface area contributed by atoms with E-state index in [4.69, 9.17) is 11.6 Å². The van der Waals surface area contributed by atoms with Gasteiger partial charge in [-0.25, -0.2) is 0 Å². The number of para-hydroxylation sites is 1. The zero-order chi connectivity index (χ0) is 18.4. The van der Waals surface area contributed by atoms with Crippen molar-refractivity contribution in [3.63, 3.8) is 0 Å². The molecule has 0 amide bonds. The Morgan fingerprint density at radius 3 is 2.58 bits per heavy atom. The molecule has 0 saturated heterocycles. The van der Waals surface area contributed by atoms with Gasteiger partial charge >= 0.3 is 0 Å². The van der Waals surface area contributed by atoms with Gasteiger partial charge in [-0.05, 0) is 29.5 Å². The predicted octanol–water partition coefficient (Wildman–Crippen LogP) is 4.98. The van der Waals surface area contributed by atoms with E-state index < -0.39 is 9.85 Å². The number of nitro benzene ring substituents is 2. The normalized spacial score (nSPS) is 23.0. The molecule has 0 spiro atoms. The molecule has 1 aliphatic carbocycles. The van der Waals surface area contributed by atoms with E-state index in [1.165, 1.54) is 18.2 Å². The van der Waals surface area contributed by atoms with Crippen LogP contribution in [0, 0.1) is 26.1 Å². The maximum atomic E-state index is 11.4. The van der Waals surface area contributed by atoms with Gasteiger partial charge in [-0.15, -0.1) is 0 Å². The molecule has 2 aliphatic rings. The summed E-state index contributed by atoms with van der Waals surface area (Å²) >= 11 is 5.93. The second-order valence-corrected chi connectivity index (χ2v) is 6.85. The van der Waals surface area contributed by atoms with E-state index >= 15 is 0 Å².